The van der Waals surface area contributed by atoms with E-state index < -0.39 is 0 Å². The van der Waals surface area contributed by atoms with Gasteiger partial charge in [0.05, 0.1) is 28.1 Å². The Kier molecular flexibility index (Phi) is 6.48. The summed E-state index contributed by atoms with van der Waals surface area (Å²) in [6.45, 7) is 0. The number of hydrogen-bond acceptors (Lipinski definition) is 4. The van der Waals surface area contributed by atoms with Gasteiger partial charge in [-0.1, -0.05) is 84.9 Å². The van der Waals surface area contributed by atoms with E-state index in [4.69, 9.17) is 9.15 Å². The summed E-state index contributed by atoms with van der Waals surface area (Å²) in [5.74, 6) is 1.57. The Morgan fingerprint density at radius 1 is 0.377 bits per heavy atom. The number of furan rings is 1. The summed E-state index contributed by atoms with van der Waals surface area (Å²) in [6, 6.07) is 65.9. The Morgan fingerprint density at radius 3 is 1.92 bits per heavy atom. The first-order valence-corrected chi connectivity index (χ1v) is 17.8. The molecule has 3 heterocycles. The molecule has 0 amide bonds. The van der Waals surface area contributed by atoms with E-state index in [9.17, 15) is 0 Å². The molecule has 0 fully saturated rings. The molecule has 5 heteroatoms. The largest absolute Gasteiger partial charge is 0.456 e. The molecule has 250 valence electrons. The summed E-state index contributed by atoms with van der Waals surface area (Å²) in [6.07, 6.45) is 0. The maximum Gasteiger partial charge on any atom is 0.153 e. The highest BCUT2D eigenvalue weighted by atomic mass is 16.5. The standard InChI is InChI=1S/C48H31N3O2/c1-3-13-32(14-4-1)49(34-24-27-42-40(29-34)37-17-7-9-19-41(37)50(42)33-15-5-2-6-16-33)35-25-28-44-48(31-35)53-46-22-12-10-20-43(46)51(44)36-23-26-39-38-18-8-11-21-45(38)52-47(39)30-36/h1-31H. The lowest BCUT2D eigenvalue weighted by molar-refractivity contribution is 0.477. The minimum atomic E-state index is 0.772. The normalized spacial score (nSPS) is 12.3. The van der Waals surface area contributed by atoms with Crippen molar-refractivity contribution in [2.45, 2.75) is 0 Å². The highest BCUT2D eigenvalue weighted by Crippen LogP contribution is 2.53. The topological polar surface area (TPSA) is 33.8 Å². The number of hydrogen-bond donors (Lipinski definition) is 0. The Labute approximate surface area is 305 Å². The van der Waals surface area contributed by atoms with E-state index in [0.717, 1.165) is 78.8 Å². The third-order valence-corrected chi connectivity index (χ3v) is 10.3. The van der Waals surface area contributed by atoms with Crippen LogP contribution in [0.2, 0.25) is 0 Å². The van der Waals surface area contributed by atoms with Crippen LogP contribution in [-0.2, 0) is 0 Å². The lowest BCUT2D eigenvalue weighted by Crippen LogP contribution is -2.16. The number of anilines is 6. The van der Waals surface area contributed by atoms with Crippen LogP contribution in [0.3, 0.4) is 0 Å². The molecule has 5 nitrogen and oxygen atoms in total. The van der Waals surface area contributed by atoms with Crippen LogP contribution < -0.4 is 14.5 Å². The molecule has 1 aliphatic heterocycles. The monoisotopic (exact) mass is 681 g/mol. The minimum absolute atomic E-state index is 0.772. The Balaban J connectivity index is 1.07. The highest BCUT2D eigenvalue weighted by Gasteiger charge is 2.28. The molecule has 11 rings (SSSR count). The van der Waals surface area contributed by atoms with E-state index >= 15 is 0 Å². The molecule has 2 aromatic heterocycles. The number of ether oxygens (including phenoxy) is 1. The predicted octanol–water partition coefficient (Wildman–Crippen LogP) is 13.7. The van der Waals surface area contributed by atoms with E-state index in [1.165, 1.54) is 16.3 Å². The maximum atomic E-state index is 6.71. The van der Waals surface area contributed by atoms with Crippen LogP contribution in [0.4, 0.5) is 34.1 Å². The summed E-state index contributed by atoms with van der Waals surface area (Å²) < 4.78 is 15.4. The van der Waals surface area contributed by atoms with Gasteiger partial charge < -0.3 is 23.5 Å². The van der Waals surface area contributed by atoms with Crippen molar-refractivity contribution in [1.29, 1.82) is 0 Å². The molecule has 0 saturated heterocycles. The van der Waals surface area contributed by atoms with Crippen LogP contribution in [0.1, 0.15) is 0 Å². The van der Waals surface area contributed by atoms with Gasteiger partial charge in [-0.25, -0.2) is 0 Å². The van der Waals surface area contributed by atoms with Crippen molar-refractivity contribution in [3.8, 4) is 17.2 Å². The summed E-state index contributed by atoms with van der Waals surface area (Å²) >= 11 is 0. The SMILES string of the molecule is c1ccc(N(c2ccc3c(c2)Oc2ccccc2N3c2ccc3c(c2)oc2ccccc23)c2ccc3c(c2)c2ccccc2n3-c2ccccc2)cc1. The van der Waals surface area contributed by atoms with Gasteiger partial charge in [-0.05, 0) is 91.0 Å². The molecule has 0 radical (unpaired) electrons. The molecule has 0 saturated carbocycles. The van der Waals surface area contributed by atoms with Gasteiger partial charge in [0.15, 0.2) is 11.5 Å². The van der Waals surface area contributed by atoms with Gasteiger partial charge in [0, 0.05) is 56.4 Å². The van der Waals surface area contributed by atoms with Crippen LogP contribution in [0, 0.1) is 0 Å². The Hall–Kier alpha value is -7.24. The van der Waals surface area contributed by atoms with E-state index in [-0.39, 0.29) is 0 Å². The molecule has 8 aromatic carbocycles. The van der Waals surface area contributed by atoms with E-state index in [1.54, 1.807) is 0 Å². The van der Waals surface area contributed by atoms with Crippen LogP contribution in [0.5, 0.6) is 11.5 Å². The van der Waals surface area contributed by atoms with Gasteiger partial charge in [-0.2, -0.15) is 0 Å². The lowest BCUT2D eigenvalue weighted by atomic mass is 10.1. The summed E-state index contributed by atoms with van der Waals surface area (Å²) in [4.78, 5) is 4.57. The predicted molar refractivity (Wildman–Crippen MR) is 217 cm³/mol. The second-order valence-electron chi connectivity index (χ2n) is 13.4. The smallest absolute Gasteiger partial charge is 0.153 e. The van der Waals surface area contributed by atoms with Gasteiger partial charge in [-0.15, -0.1) is 0 Å². The number of nitrogens with zero attached hydrogens (tertiary/aromatic N) is 3. The Bertz CT molecular complexity index is 3000. The third kappa shape index (κ3) is 4.64. The molecule has 53 heavy (non-hydrogen) atoms. The molecule has 0 aliphatic carbocycles. The zero-order valence-electron chi connectivity index (χ0n) is 28.6. The first-order valence-electron chi connectivity index (χ1n) is 17.8. The van der Waals surface area contributed by atoms with Crippen molar-refractivity contribution < 1.29 is 9.15 Å². The second kappa shape index (κ2) is 11.7. The number of para-hydroxylation sites is 6. The van der Waals surface area contributed by atoms with Gasteiger partial charge in [0.2, 0.25) is 0 Å². The number of aromatic nitrogens is 1. The second-order valence-corrected chi connectivity index (χ2v) is 13.4. The summed E-state index contributed by atoms with van der Waals surface area (Å²) in [5, 5.41) is 4.62. The zero-order chi connectivity index (χ0) is 34.9. The van der Waals surface area contributed by atoms with Crippen LogP contribution in [0.15, 0.2) is 192 Å². The van der Waals surface area contributed by atoms with Crippen LogP contribution >= 0.6 is 0 Å². The van der Waals surface area contributed by atoms with Crippen molar-refractivity contribution in [3.63, 3.8) is 0 Å². The average molecular weight is 682 g/mol. The fraction of sp³-hybridized carbons (Fsp3) is 0. The van der Waals surface area contributed by atoms with Crippen molar-refractivity contribution in [3.05, 3.63) is 188 Å². The van der Waals surface area contributed by atoms with Gasteiger partial charge >= 0.3 is 0 Å². The van der Waals surface area contributed by atoms with Gasteiger partial charge in [-0.3, -0.25) is 0 Å². The molecule has 1 aliphatic rings. The van der Waals surface area contributed by atoms with Gasteiger partial charge in [0.1, 0.15) is 11.2 Å². The molecular formula is C48H31N3O2. The van der Waals surface area contributed by atoms with Crippen molar-refractivity contribution >= 4 is 77.9 Å². The quantitative estimate of drug-likeness (QED) is 0.181. The molecule has 0 unspecified atom stereocenters. The number of benzene rings is 8. The number of fused-ring (bicyclic) bond motifs is 8. The zero-order valence-corrected chi connectivity index (χ0v) is 28.6. The maximum absolute atomic E-state index is 6.71. The van der Waals surface area contributed by atoms with Gasteiger partial charge in [0.25, 0.3) is 0 Å². The first kappa shape index (κ1) is 29.5. The van der Waals surface area contributed by atoms with Crippen molar-refractivity contribution in [2.24, 2.45) is 0 Å². The third-order valence-electron chi connectivity index (χ3n) is 10.3. The molecule has 0 N–H and O–H groups in total. The lowest BCUT2D eigenvalue weighted by Gasteiger charge is -2.34. The summed E-state index contributed by atoms with van der Waals surface area (Å²) in [5.41, 5.74) is 11.3. The number of rotatable bonds is 5. The van der Waals surface area contributed by atoms with E-state index in [0.29, 0.717) is 0 Å². The molecule has 0 bridgehead atoms. The van der Waals surface area contributed by atoms with Crippen LogP contribution in [0.25, 0.3) is 49.4 Å². The molecular weight excluding hydrogens is 651 g/mol. The van der Waals surface area contributed by atoms with E-state index in [2.05, 4.69) is 178 Å². The molecule has 0 spiro atoms. The fourth-order valence-electron chi connectivity index (χ4n) is 8.00. The average Bonchev–Trinajstić information content (AvgIpc) is 3.76. The fourth-order valence-corrected chi connectivity index (χ4v) is 8.00. The van der Waals surface area contributed by atoms with Crippen molar-refractivity contribution in [2.75, 3.05) is 9.80 Å². The van der Waals surface area contributed by atoms with Crippen LogP contribution in [-0.4, -0.2) is 4.57 Å². The van der Waals surface area contributed by atoms with Crippen molar-refractivity contribution in [1.82, 2.24) is 4.57 Å². The highest BCUT2D eigenvalue weighted by molar-refractivity contribution is 6.11. The summed E-state index contributed by atoms with van der Waals surface area (Å²) in [7, 11) is 0. The first-order chi connectivity index (χ1) is 26.3. The Morgan fingerprint density at radius 2 is 1.04 bits per heavy atom. The molecule has 10 aromatic rings. The minimum Gasteiger partial charge on any atom is -0.456 e. The van der Waals surface area contributed by atoms with E-state index in [1.807, 2.05) is 24.3 Å². The molecule has 0 atom stereocenters.